The summed E-state index contributed by atoms with van der Waals surface area (Å²) >= 11 is 0. The van der Waals surface area contributed by atoms with Crippen molar-refractivity contribution in [1.82, 2.24) is 0 Å². The Bertz CT molecular complexity index is 453. The molecule has 0 spiro atoms. The van der Waals surface area contributed by atoms with Gasteiger partial charge in [-0.25, -0.2) is 8.78 Å². The highest BCUT2D eigenvalue weighted by molar-refractivity contribution is 5.28. The molecule has 0 bridgehead atoms. The molecule has 2 atom stereocenters. The summed E-state index contributed by atoms with van der Waals surface area (Å²) in [4.78, 5) is 0. The molecule has 0 aromatic heterocycles. The first-order chi connectivity index (χ1) is 11.0. The van der Waals surface area contributed by atoms with Crippen LogP contribution < -0.4 is 0 Å². The summed E-state index contributed by atoms with van der Waals surface area (Å²) in [5, 5.41) is 0. The van der Waals surface area contributed by atoms with Crippen molar-refractivity contribution in [3.05, 3.63) is 34.9 Å². The Hall–Kier alpha value is -0.920. The van der Waals surface area contributed by atoms with Crippen LogP contribution in [0, 0.1) is 17.6 Å². The lowest BCUT2D eigenvalue weighted by Crippen LogP contribution is -2.06. The Kier molecular flexibility index (Phi) is 9.43. The smallest absolute Gasteiger partial charge is 0.162 e. The molecular weight excluding hydrogens is 290 g/mol. The fraction of sp³-hybridized carbons (Fsp3) is 0.714. The average Bonchev–Trinajstić information content (AvgIpc) is 2.55. The van der Waals surface area contributed by atoms with Gasteiger partial charge in [0.25, 0.3) is 0 Å². The molecule has 0 saturated carbocycles. The highest BCUT2D eigenvalue weighted by Crippen LogP contribution is 2.30. The van der Waals surface area contributed by atoms with Crippen LogP contribution in [0.5, 0.6) is 0 Å². The number of benzene rings is 1. The Morgan fingerprint density at radius 2 is 1.61 bits per heavy atom. The van der Waals surface area contributed by atoms with Crippen LogP contribution in [-0.4, -0.2) is 0 Å². The zero-order valence-electron chi connectivity index (χ0n) is 15.4. The van der Waals surface area contributed by atoms with E-state index in [1.54, 1.807) is 12.1 Å². The lowest BCUT2D eigenvalue weighted by Gasteiger charge is -2.19. The van der Waals surface area contributed by atoms with E-state index < -0.39 is 11.6 Å². The van der Waals surface area contributed by atoms with Crippen LogP contribution in [0.3, 0.4) is 0 Å². The highest BCUT2D eigenvalue weighted by Gasteiger charge is 2.18. The SMILES string of the molecule is CCCCCC(CC)CCC(C)c1ccc(CCC)c(F)c1F. The Balaban J connectivity index is 2.63. The molecule has 1 aromatic rings. The van der Waals surface area contributed by atoms with Crippen LogP contribution in [0.4, 0.5) is 8.78 Å². The minimum atomic E-state index is -0.633. The van der Waals surface area contributed by atoms with Crippen LogP contribution in [0.15, 0.2) is 12.1 Å². The third kappa shape index (κ3) is 6.24. The van der Waals surface area contributed by atoms with E-state index in [0.717, 1.165) is 25.2 Å². The van der Waals surface area contributed by atoms with Crippen LogP contribution in [0.25, 0.3) is 0 Å². The van der Waals surface area contributed by atoms with Gasteiger partial charge in [-0.3, -0.25) is 0 Å². The molecule has 1 aromatic carbocycles. The van der Waals surface area contributed by atoms with Gasteiger partial charge in [-0.1, -0.05) is 78.4 Å². The first-order valence-corrected chi connectivity index (χ1v) is 9.51. The van der Waals surface area contributed by atoms with Crippen molar-refractivity contribution in [3.8, 4) is 0 Å². The van der Waals surface area contributed by atoms with Crippen LogP contribution >= 0.6 is 0 Å². The molecule has 1 rings (SSSR count). The summed E-state index contributed by atoms with van der Waals surface area (Å²) in [5.74, 6) is -0.453. The predicted molar refractivity (Wildman–Crippen MR) is 95.9 cm³/mol. The van der Waals surface area contributed by atoms with E-state index in [4.69, 9.17) is 0 Å². The van der Waals surface area contributed by atoms with Gasteiger partial charge in [0, 0.05) is 0 Å². The van der Waals surface area contributed by atoms with E-state index in [9.17, 15) is 8.78 Å². The predicted octanol–water partition coefficient (Wildman–Crippen LogP) is 7.41. The summed E-state index contributed by atoms with van der Waals surface area (Å²) < 4.78 is 28.4. The fourth-order valence-corrected chi connectivity index (χ4v) is 3.32. The summed E-state index contributed by atoms with van der Waals surface area (Å²) in [6.45, 7) is 8.47. The quantitative estimate of drug-likeness (QED) is 0.372. The molecule has 23 heavy (non-hydrogen) atoms. The first-order valence-electron chi connectivity index (χ1n) is 9.51. The molecule has 0 aliphatic rings. The molecule has 0 aliphatic carbocycles. The summed E-state index contributed by atoms with van der Waals surface area (Å²) in [5.41, 5.74) is 1.05. The van der Waals surface area contributed by atoms with Gasteiger partial charge in [0.05, 0.1) is 0 Å². The zero-order valence-corrected chi connectivity index (χ0v) is 15.4. The van der Waals surface area contributed by atoms with Gasteiger partial charge in [-0.05, 0) is 42.2 Å². The van der Waals surface area contributed by atoms with Crippen molar-refractivity contribution in [1.29, 1.82) is 0 Å². The molecule has 0 fully saturated rings. The molecular formula is C21H34F2. The van der Waals surface area contributed by atoms with Gasteiger partial charge in [0.1, 0.15) is 0 Å². The molecule has 0 saturated heterocycles. The van der Waals surface area contributed by atoms with Gasteiger partial charge < -0.3 is 0 Å². The topological polar surface area (TPSA) is 0 Å². The summed E-state index contributed by atoms with van der Waals surface area (Å²) in [7, 11) is 0. The fourth-order valence-electron chi connectivity index (χ4n) is 3.32. The maximum atomic E-state index is 14.3. The van der Waals surface area contributed by atoms with Gasteiger partial charge in [0.15, 0.2) is 11.6 Å². The van der Waals surface area contributed by atoms with E-state index in [2.05, 4.69) is 13.8 Å². The second-order valence-electron chi connectivity index (χ2n) is 6.94. The van der Waals surface area contributed by atoms with Crippen molar-refractivity contribution < 1.29 is 8.78 Å². The zero-order chi connectivity index (χ0) is 17.2. The van der Waals surface area contributed by atoms with Crippen molar-refractivity contribution in [3.63, 3.8) is 0 Å². The maximum absolute atomic E-state index is 14.3. The molecule has 0 N–H and O–H groups in total. The van der Waals surface area contributed by atoms with Crippen LogP contribution in [0.1, 0.15) is 96.1 Å². The third-order valence-electron chi connectivity index (χ3n) is 5.04. The molecule has 2 heteroatoms. The molecule has 0 nitrogen and oxygen atoms in total. The molecule has 0 heterocycles. The third-order valence-corrected chi connectivity index (χ3v) is 5.04. The normalized spacial score (nSPS) is 14.0. The Morgan fingerprint density at radius 3 is 2.22 bits per heavy atom. The standard InChI is InChI=1S/C21H34F2/c1-5-8-9-11-17(7-3)13-12-16(4)19-15-14-18(10-6-2)20(22)21(19)23/h14-17H,5-13H2,1-4H3. The lowest BCUT2D eigenvalue weighted by molar-refractivity contribution is 0.388. The van der Waals surface area contributed by atoms with Gasteiger partial charge in [-0.2, -0.15) is 0 Å². The van der Waals surface area contributed by atoms with E-state index in [-0.39, 0.29) is 5.92 Å². The largest absolute Gasteiger partial charge is 0.203 e. The number of halogens is 2. The van der Waals surface area contributed by atoms with E-state index in [1.807, 2.05) is 13.8 Å². The van der Waals surface area contributed by atoms with E-state index >= 15 is 0 Å². The second-order valence-corrected chi connectivity index (χ2v) is 6.94. The maximum Gasteiger partial charge on any atom is 0.162 e. The van der Waals surface area contributed by atoms with Crippen molar-refractivity contribution in [2.45, 2.75) is 91.4 Å². The van der Waals surface area contributed by atoms with Crippen molar-refractivity contribution in [2.75, 3.05) is 0 Å². The highest BCUT2D eigenvalue weighted by atomic mass is 19.2. The molecule has 0 radical (unpaired) electrons. The Morgan fingerprint density at radius 1 is 0.870 bits per heavy atom. The lowest BCUT2D eigenvalue weighted by atomic mass is 9.87. The number of hydrogen-bond donors (Lipinski definition) is 0. The van der Waals surface area contributed by atoms with Crippen molar-refractivity contribution in [2.24, 2.45) is 5.92 Å². The first kappa shape index (κ1) is 20.1. The summed E-state index contributed by atoms with van der Waals surface area (Å²) in [6.07, 6.45) is 9.78. The minimum absolute atomic E-state index is 0.0837. The molecule has 0 aliphatic heterocycles. The van der Waals surface area contributed by atoms with Crippen LogP contribution in [0.2, 0.25) is 0 Å². The number of unbranched alkanes of at least 4 members (excludes halogenated alkanes) is 2. The van der Waals surface area contributed by atoms with E-state index in [1.165, 1.54) is 32.1 Å². The van der Waals surface area contributed by atoms with Crippen LogP contribution in [-0.2, 0) is 6.42 Å². The number of aryl methyl sites for hydroxylation is 1. The van der Waals surface area contributed by atoms with E-state index in [0.29, 0.717) is 17.5 Å². The summed E-state index contributed by atoms with van der Waals surface area (Å²) in [6, 6.07) is 3.57. The van der Waals surface area contributed by atoms with Gasteiger partial charge in [0.2, 0.25) is 0 Å². The molecule has 132 valence electrons. The Labute approximate surface area is 141 Å². The second kappa shape index (κ2) is 10.8. The number of rotatable bonds is 11. The monoisotopic (exact) mass is 324 g/mol. The molecule has 0 amide bonds. The van der Waals surface area contributed by atoms with Crippen molar-refractivity contribution >= 4 is 0 Å². The average molecular weight is 324 g/mol. The minimum Gasteiger partial charge on any atom is -0.203 e. The van der Waals surface area contributed by atoms with Gasteiger partial charge in [-0.15, -0.1) is 0 Å². The number of hydrogen-bond acceptors (Lipinski definition) is 0. The molecule has 2 unspecified atom stereocenters. The van der Waals surface area contributed by atoms with Gasteiger partial charge >= 0.3 is 0 Å².